The first-order valence-electron chi connectivity index (χ1n) is 10.8. The summed E-state index contributed by atoms with van der Waals surface area (Å²) in [7, 11) is -2.82. The number of hydrogen-bond donors (Lipinski definition) is 2. The van der Waals surface area contributed by atoms with Crippen molar-refractivity contribution in [2.45, 2.75) is 89.6 Å². The quantitative estimate of drug-likeness (QED) is 0.565. The van der Waals surface area contributed by atoms with Gasteiger partial charge in [-0.1, -0.05) is 45.4 Å². The fraction of sp³-hybridized carbons (Fsp3) is 0.950. The average Bonchev–Trinajstić information content (AvgIpc) is 3.00. The Hall–Kier alpha value is -0.780. The molecule has 2 saturated carbocycles. The molecule has 1 heterocycles. The number of aliphatic imine (C=N–C) groups is 1. The van der Waals surface area contributed by atoms with E-state index in [4.69, 9.17) is 4.99 Å². The molecule has 26 heavy (non-hydrogen) atoms. The highest BCUT2D eigenvalue weighted by Gasteiger charge is 2.28. The van der Waals surface area contributed by atoms with Crippen LogP contribution in [0.3, 0.4) is 0 Å². The third kappa shape index (κ3) is 6.14. The molecule has 2 aliphatic carbocycles. The molecule has 0 aromatic carbocycles. The Bertz CT molecular complexity index is 570. The minimum atomic E-state index is -2.82. The van der Waals surface area contributed by atoms with E-state index < -0.39 is 9.84 Å². The summed E-state index contributed by atoms with van der Waals surface area (Å²) in [6.07, 6.45) is 13.5. The average molecular weight is 384 g/mol. The molecule has 1 aliphatic heterocycles. The summed E-state index contributed by atoms with van der Waals surface area (Å²) in [4.78, 5) is 4.84. The lowest BCUT2D eigenvalue weighted by atomic mass is 9.84. The highest BCUT2D eigenvalue weighted by molar-refractivity contribution is 7.91. The predicted octanol–water partition coefficient (Wildman–Crippen LogP) is 3.26. The molecular weight excluding hydrogens is 346 g/mol. The molecule has 0 radical (unpaired) electrons. The SMILES string of the molecule is CCC1CCCC(NC(=NCC2CCS(=O)(=O)C2)NC2CCCCC2)C1. The van der Waals surface area contributed by atoms with Crippen molar-refractivity contribution in [3.63, 3.8) is 0 Å². The molecule has 0 spiro atoms. The molecule has 150 valence electrons. The van der Waals surface area contributed by atoms with E-state index in [0.717, 1.165) is 18.3 Å². The zero-order valence-electron chi connectivity index (χ0n) is 16.4. The maximum absolute atomic E-state index is 11.7. The molecule has 0 amide bonds. The van der Waals surface area contributed by atoms with Crippen LogP contribution < -0.4 is 10.6 Å². The Kier molecular flexibility index (Phi) is 7.24. The molecule has 3 atom stereocenters. The first kappa shape index (κ1) is 20.0. The van der Waals surface area contributed by atoms with Crippen molar-refractivity contribution in [3.8, 4) is 0 Å². The van der Waals surface area contributed by atoms with Crippen LogP contribution in [-0.2, 0) is 9.84 Å². The Morgan fingerprint density at radius 1 is 0.923 bits per heavy atom. The molecule has 3 unspecified atom stereocenters. The Morgan fingerprint density at radius 3 is 2.35 bits per heavy atom. The van der Waals surface area contributed by atoms with Gasteiger partial charge in [0.1, 0.15) is 0 Å². The number of rotatable bonds is 5. The van der Waals surface area contributed by atoms with Crippen molar-refractivity contribution in [1.82, 2.24) is 10.6 Å². The van der Waals surface area contributed by atoms with E-state index in [9.17, 15) is 8.42 Å². The van der Waals surface area contributed by atoms with Gasteiger partial charge < -0.3 is 10.6 Å². The van der Waals surface area contributed by atoms with Crippen LogP contribution in [-0.4, -0.2) is 44.5 Å². The number of guanidine groups is 1. The monoisotopic (exact) mass is 383 g/mol. The zero-order chi connectivity index (χ0) is 18.4. The Balaban J connectivity index is 1.59. The molecule has 6 heteroatoms. The second-order valence-corrected chi connectivity index (χ2v) is 10.9. The summed E-state index contributed by atoms with van der Waals surface area (Å²) in [5.41, 5.74) is 0. The van der Waals surface area contributed by atoms with Crippen LogP contribution in [0, 0.1) is 11.8 Å². The molecule has 1 saturated heterocycles. The standard InChI is InChI=1S/C20H37N3O2S/c1-2-16-7-6-10-19(13-16)23-20(22-18-8-4-3-5-9-18)21-14-17-11-12-26(24,25)15-17/h16-19H,2-15H2,1H3,(H2,21,22,23). The predicted molar refractivity (Wildman–Crippen MR) is 108 cm³/mol. The molecule has 3 rings (SSSR count). The maximum Gasteiger partial charge on any atom is 0.191 e. The third-order valence-electron chi connectivity index (χ3n) is 6.48. The molecule has 2 N–H and O–H groups in total. The van der Waals surface area contributed by atoms with Crippen molar-refractivity contribution in [2.75, 3.05) is 18.1 Å². The topological polar surface area (TPSA) is 70.6 Å². The minimum Gasteiger partial charge on any atom is -0.354 e. The van der Waals surface area contributed by atoms with Gasteiger partial charge in [0.2, 0.25) is 0 Å². The highest BCUT2D eigenvalue weighted by atomic mass is 32.2. The lowest BCUT2D eigenvalue weighted by Crippen LogP contribution is -2.49. The number of hydrogen-bond acceptors (Lipinski definition) is 3. The molecule has 0 aromatic rings. The van der Waals surface area contributed by atoms with Gasteiger partial charge in [-0.25, -0.2) is 8.42 Å². The van der Waals surface area contributed by atoms with Crippen molar-refractivity contribution in [1.29, 1.82) is 0 Å². The van der Waals surface area contributed by atoms with E-state index in [2.05, 4.69) is 17.6 Å². The van der Waals surface area contributed by atoms with Crippen LogP contribution in [0.2, 0.25) is 0 Å². The lowest BCUT2D eigenvalue weighted by molar-refractivity contribution is 0.296. The molecule has 0 aromatic heterocycles. The van der Waals surface area contributed by atoms with Crippen LogP contribution in [0.25, 0.3) is 0 Å². The summed E-state index contributed by atoms with van der Waals surface area (Å²) in [5.74, 6) is 2.61. The van der Waals surface area contributed by atoms with Gasteiger partial charge in [0, 0.05) is 18.6 Å². The molecular formula is C20H37N3O2S. The highest BCUT2D eigenvalue weighted by Crippen LogP contribution is 2.26. The van der Waals surface area contributed by atoms with E-state index in [-0.39, 0.29) is 5.92 Å². The molecule has 5 nitrogen and oxygen atoms in total. The van der Waals surface area contributed by atoms with Gasteiger partial charge in [-0.15, -0.1) is 0 Å². The van der Waals surface area contributed by atoms with E-state index in [1.54, 1.807) is 0 Å². The first-order chi connectivity index (χ1) is 12.5. The van der Waals surface area contributed by atoms with Gasteiger partial charge in [0.05, 0.1) is 11.5 Å². The van der Waals surface area contributed by atoms with Crippen molar-refractivity contribution in [3.05, 3.63) is 0 Å². The fourth-order valence-electron chi connectivity index (χ4n) is 4.80. The van der Waals surface area contributed by atoms with E-state index in [0.29, 0.717) is 30.1 Å². The third-order valence-corrected chi connectivity index (χ3v) is 8.32. The summed E-state index contributed by atoms with van der Waals surface area (Å²) in [6, 6.07) is 1.03. The van der Waals surface area contributed by atoms with Gasteiger partial charge in [-0.3, -0.25) is 4.99 Å². The van der Waals surface area contributed by atoms with Crippen LogP contribution in [0.1, 0.15) is 77.6 Å². The molecule has 0 bridgehead atoms. The maximum atomic E-state index is 11.7. The Morgan fingerprint density at radius 2 is 1.65 bits per heavy atom. The van der Waals surface area contributed by atoms with Gasteiger partial charge >= 0.3 is 0 Å². The lowest BCUT2D eigenvalue weighted by Gasteiger charge is -2.32. The van der Waals surface area contributed by atoms with Crippen LogP contribution in [0.4, 0.5) is 0 Å². The van der Waals surface area contributed by atoms with Gasteiger partial charge in [0.25, 0.3) is 0 Å². The summed E-state index contributed by atoms with van der Waals surface area (Å²) < 4.78 is 23.4. The zero-order valence-corrected chi connectivity index (χ0v) is 17.2. The normalized spacial score (nSPS) is 33.1. The van der Waals surface area contributed by atoms with Crippen molar-refractivity contribution >= 4 is 15.8 Å². The van der Waals surface area contributed by atoms with Gasteiger partial charge in [-0.2, -0.15) is 0 Å². The van der Waals surface area contributed by atoms with Crippen molar-refractivity contribution in [2.24, 2.45) is 16.8 Å². The summed E-state index contributed by atoms with van der Waals surface area (Å²) in [5, 5.41) is 7.37. The number of nitrogens with one attached hydrogen (secondary N) is 2. The molecule has 3 fully saturated rings. The van der Waals surface area contributed by atoms with Crippen LogP contribution >= 0.6 is 0 Å². The minimum absolute atomic E-state index is 0.194. The largest absolute Gasteiger partial charge is 0.354 e. The van der Waals surface area contributed by atoms with Gasteiger partial charge in [-0.05, 0) is 43.9 Å². The second kappa shape index (κ2) is 9.43. The van der Waals surface area contributed by atoms with E-state index in [1.165, 1.54) is 64.2 Å². The fourth-order valence-corrected chi connectivity index (χ4v) is 6.65. The number of nitrogens with zero attached hydrogens (tertiary/aromatic N) is 1. The smallest absolute Gasteiger partial charge is 0.191 e. The Labute approximate surface area is 159 Å². The first-order valence-corrected chi connectivity index (χ1v) is 12.6. The molecule has 3 aliphatic rings. The number of sulfone groups is 1. The van der Waals surface area contributed by atoms with Crippen LogP contribution in [0.15, 0.2) is 4.99 Å². The van der Waals surface area contributed by atoms with Gasteiger partial charge in [0.15, 0.2) is 15.8 Å². The van der Waals surface area contributed by atoms with Crippen LogP contribution in [0.5, 0.6) is 0 Å². The second-order valence-electron chi connectivity index (χ2n) is 8.72. The summed E-state index contributed by atoms with van der Waals surface area (Å²) in [6.45, 7) is 2.92. The summed E-state index contributed by atoms with van der Waals surface area (Å²) >= 11 is 0. The van der Waals surface area contributed by atoms with E-state index in [1.807, 2.05) is 0 Å². The van der Waals surface area contributed by atoms with Crippen molar-refractivity contribution < 1.29 is 8.42 Å². The van der Waals surface area contributed by atoms with E-state index >= 15 is 0 Å².